The predicted molar refractivity (Wildman–Crippen MR) is 80.1 cm³/mol. The number of carbonyl (C=O) groups is 1. The monoisotopic (exact) mass is 305 g/mol. The highest BCUT2D eigenvalue weighted by atomic mass is 35.5. The summed E-state index contributed by atoms with van der Waals surface area (Å²) in [4.78, 5) is 13.2. The minimum absolute atomic E-state index is 0.177. The zero-order chi connectivity index (χ0) is 13.9. The Morgan fingerprint density at radius 1 is 1.44 bits per heavy atom. The summed E-state index contributed by atoms with van der Waals surface area (Å²) in [6, 6.07) is 5.41. The van der Waals surface area contributed by atoms with Crippen LogP contribution in [0.2, 0.25) is 5.02 Å². The second kappa shape index (κ2) is 6.18. The van der Waals surface area contributed by atoms with E-state index in [2.05, 4.69) is 5.32 Å². The van der Waals surface area contributed by atoms with E-state index in [4.69, 9.17) is 23.2 Å². The van der Waals surface area contributed by atoms with Crippen molar-refractivity contribution in [1.82, 2.24) is 5.32 Å². The summed E-state index contributed by atoms with van der Waals surface area (Å²) >= 11 is 13.7. The number of benzene rings is 1. The average molecular weight is 306 g/mol. The molecule has 0 spiro atoms. The number of hydrogen-bond donors (Lipinski definition) is 1. The van der Waals surface area contributed by atoms with E-state index in [-0.39, 0.29) is 11.3 Å². The van der Waals surface area contributed by atoms with E-state index in [1.165, 1.54) is 0 Å². The Morgan fingerprint density at radius 3 is 2.56 bits per heavy atom. The summed E-state index contributed by atoms with van der Waals surface area (Å²) in [7, 11) is 0. The molecule has 18 heavy (non-hydrogen) atoms. The first-order valence-electron chi connectivity index (χ1n) is 5.58. The van der Waals surface area contributed by atoms with Crippen LogP contribution < -0.4 is 5.32 Å². The second-order valence-corrected chi connectivity index (χ2v) is 6.58. The number of nitrogens with one attached hydrogen (secondary N) is 1. The van der Waals surface area contributed by atoms with Crippen LogP contribution in [0, 0.1) is 0 Å². The quantitative estimate of drug-likeness (QED) is 0.667. The number of hydrogen-bond acceptors (Lipinski definition) is 2. The fraction of sp³-hybridized carbons (Fsp3) is 0.462. The lowest BCUT2D eigenvalue weighted by Crippen LogP contribution is -2.49. The molecule has 0 radical (unpaired) electrons. The van der Waals surface area contributed by atoms with Crippen LogP contribution in [0.4, 0.5) is 0 Å². The lowest BCUT2D eigenvalue weighted by atomic mass is 10.0. The van der Waals surface area contributed by atoms with Crippen molar-refractivity contribution >= 4 is 40.9 Å². The fourth-order valence-electron chi connectivity index (χ4n) is 1.26. The van der Waals surface area contributed by atoms with Crippen molar-refractivity contribution in [2.24, 2.45) is 0 Å². The molecule has 1 rings (SSSR count). The molecule has 0 saturated heterocycles. The van der Waals surface area contributed by atoms with Crippen LogP contribution in [-0.2, 0) is 0 Å². The van der Waals surface area contributed by atoms with Crippen LogP contribution in [0.3, 0.4) is 0 Å². The molecule has 0 bridgehead atoms. The Kier molecular flexibility index (Phi) is 5.38. The van der Waals surface area contributed by atoms with E-state index in [0.29, 0.717) is 10.6 Å². The minimum atomic E-state index is -0.489. The Balaban J connectivity index is 2.97. The molecule has 0 aromatic heterocycles. The maximum Gasteiger partial charge on any atom is 0.253 e. The van der Waals surface area contributed by atoms with Gasteiger partial charge in [0, 0.05) is 4.90 Å². The number of thioether (sulfide) groups is 1. The molecule has 0 saturated carbocycles. The molecule has 0 aliphatic rings. The van der Waals surface area contributed by atoms with Gasteiger partial charge in [-0.25, -0.2) is 0 Å². The van der Waals surface area contributed by atoms with E-state index in [9.17, 15) is 4.79 Å². The van der Waals surface area contributed by atoms with Crippen molar-refractivity contribution < 1.29 is 4.79 Å². The van der Waals surface area contributed by atoms with Crippen LogP contribution >= 0.6 is 35.0 Å². The topological polar surface area (TPSA) is 29.1 Å². The fourth-order valence-corrected chi connectivity index (χ4v) is 1.96. The van der Waals surface area contributed by atoms with Crippen LogP contribution in [-0.4, -0.2) is 23.1 Å². The summed E-state index contributed by atoms with van der Waals surface area (Å²) in [5.41, 5.74) is -0.00829. The van der Waals surface area contributed by atoms with Crippen molar-refractivity contribution in [2.75, 3.05) is 6.26 Å². The number of alkyl halides is 1. The molecule has 5 heteroatoms. The number of amides is 1. The molecule has 1 N–H and O–H groups in total. The van der Waals surface area contributed by atoms with Crippen LogP contribution in [0.25, 0.3) is 0 Å². The Labute approximate surface area is 122 Å². The SMILES string of the molecule is CSc1ccc(Cl)c(C(=O)NC(C)(C)C(C)Cl)c1. The first-order valence-corrected chi connectivity index (χ1v) is 7.62. The highest BCUT2D eigenvalue weighted by Crippen LogP contribution is 2.24. The van der Waals surface area contributed by atoms with Crippen LogP contribution in [0.5, 0.6) is 0 Å². The molecule has 1 amide bonds. The van der Waals surface area contributed by atoms with Gasteiger partial charge in [-0.2, -0.15) is 0 Å². The lowest BCUT2D eigenvalue weighted by Gasteiger charge is -2.29. The van der Waals surface area contributed by atoms with Gasteiger partial charge in [0.15, 0.2) is 0 Å². The molecular formula is C13H17Cl2NOS. The molecular weight excluding hydrogens is 289 g/mol. The summed E-state index contributed by atoms with van der Waals surface area (Å²) < 4.78 is 0. The van der Waals surface area contributed by atoms with Crippen LogP contribution in [0.15, 0.2) is 23.1 Å². The number of halogens is 2. The Bertz CT molecular complexity index is 447. The first-order chi connectivity index (χ1) is 8.27. The lowest BCUT2D eigenvalue weighted by molar-refractivity contribution is 0.0912. The van der Waals surface area contributed by atoms with Crippen molar-refractivity contribution in [3.05, 3.63) is 28.8 Å². The van der Waals surface area contributed by atoms with Gasteiger partial charge in [-0.15, -0.1) is 23.4 Å². The molecule has 0 fully saturated rings. The van der Waals surface area contributed by atoms with E-state index in [1.807, 2.05) is 33.1 Å². The number of rotatable bonds is 4. The van der Waals surface area contributed by atoms with E-state index >= 15 is 0 Å². The molecule has 2 nitrogen and oxygen atoms in total. The third-order valence-electron chi connectivity index (χ3n) is 2.85. The average Bonchev–Trinajstić information content (AvgIpc) is 2.28. The molecule has 1 atom stereocenters. The first kappa shape index (κ1) is 15.7. The van der Waals surface area contributed by atoms with Gasteiger partial charge in [-0.3, -0.25) is 4.79 Å². The van der Waals surface area contributed by atoms with Crippen molar-refractivity contribution in [3.63, 3.8) is 0 Å². The third-order valence-corrected chi connectivity index (χ3v) is 4.45. The molecule has 1 aromatic carbocycles. The van der Waals surface area contributed by atoms with Crippen molar-refractivity contribution in [1.29, 1.82) is 0 Å². The van der Waals surface area contributed by atoms with Gasteiger partial charge in [-0.05, 0) is 45.2 Å². The van der Waals surface area contributed by atoms with Gasteiger partial charge in [0.25, 0.3) is 5.91 Å². The van der Waals surface area contributed by atoms with Gasteiger partial charge in [0.2, 0.25) is 0 Å². The molecule has 1 aromatic rings. The number of carbonyl (C=O) groups excluding carboxylic acids is 1. The zero-order valence-corrected chi connectivity index (χ0v) is 13.2. The van der Waals surface area contributed by atoms with Gasteiger partial charge in [0.1, 0.15) is 0 Å². The maximum atomic E-state index is 12.2. The van der Waals surface area contributed by atoms with Gasteiger partial charge >= 0.3 is 0 Å². The molecule has 1 unspecified atom stereocenters. The summed E-state index contributed by atoms with van der Waals surface area (Å²) in [5, 5.41) is 3.17. The Morgan fingerprint density at radius 2 is 2.06 bits per heavy atom. The summed E-state index contributed by atoms with van der Waals surface area (Å²) in [6.45, 7) is 5.62. The summed E-state index contributed by atoms with van der Waals surface area (Å²) in [6.07, 6.45) is 1.95. The maximum absolute atomic E-state index is 12.2. The van der Waals surface area contributed by atoms with Gasteiger partial charge in [0.05, 0.1) is 21.5 Å². The molecule has 0 heterocycles. The van der Waals surface area contributed by atoms with Crippen molar-refractivity contribution in [3.8, 4) is 0 Å². The highest BCUT2D eigenvalue weighted by Gasteiger charge is 2.27. The molecule has 100 valence electrons. The summed E-state index contributed by atoms with van der Waals surface area (Å²) in [5.74, 6) is -0.201. The standard InChI is InChI=1S/C13H17Cl2NOS/c1-8(14)13(2,3)16-12(17)10-7-9(18-4)5-6-11(10)15/h5-8H,1-4H3,(H,16,17). The Hall–Kier alpha value is -0.380. The van der Waals surface area contributed by atoms with Crippen LogP contribution in [0.1, 0.15) is 31.1 Å². The van der Waals surface area contributed by atoms with Gasteiger partial charge < -0.3 is 5.32 Å². The largest absolute Gasteiger partial charge is 0.346 e. The normalized spacial score (nSPS) is 13.2. The minimum Gasteiger partial charge on any atom is -0.346 e. The molecule has 0 aliphatic heterocycles. The zero-order valence-electron chi connectivity index (χ0n) is 10.9. The van der Waals surface area contributed by atoms with E-state index in [0.717, 1.165) is 4.90 Å². The van der Waals surface area contributed by atoms with E-state index < -0.39 is 5.54 Å². The highest BCUT2D eigenvalue weighted by molar-refractivity contribution is 7.98. The smallest absolute Gasteiger partial charge is 0.253 e. The van der Waals surface area contributed by atoms with E-state index in [1.54, 1.807) is 23.9 Å². The third kappa shape index (κ3) is 3.81. The van der Waals surface area contributed by atoms with Crippen molar-refractivity contribution in [2.45, 2.75) is 36.6 Å². The second-order valence-electron chi connectivity index (χ2n) is 4.64. The molecule has 0 aliphatic carbocycles. The predicted octanol–water partition coefficient (Wildman–Crippen LogP) is 4.20. The van der Waals surface area contributed by atoms with Gasteiger partial charge in [-0.1, -0.05) is 11.6 Å².